The molecule has 0 aliphatic heterocycles. The molecule has 0 aromatic carbocycles. The molecule has 0 amide bonds. The Morgan fingerprint density at radius 2 is 2.06 bits per heavy atom. The van der Waals surface area contributed by atoms with E-state index >= 15 is 0 Å². The topological polar surface area (TPSA) is 82.3 Å². The highest BCUT2D eigenvalue weighted by Crippen LogP contribution is 2.22. The van der Waals surface area contributed by atoms with Crippen LogP contribution in [0.3, 0.4) is 0 Å². The van der Waals surface area contributed by atoms with E-state index in [0.29, 0.717) is 0 Å². The van der Waals surface area contributed by atoms with Gasteiger partial charge in [-0.15, -0.1) is 0 Å². The maximum Gasteiger partial charge on any atom is 0.422 e. The lowest BCUT2D eigenvalue weighted by atomic mass is 10.4. The molecule has 0 fully saturated rings. The van der Waals surface area contributed by atoms with E-state index in [1.165, 1.54) is 6.07 Å². The summed E-state index contributed by atoms with van der Waals surface area (Å²) in [6, 6.07) is 2.28. The highest BCUT2D eigenvalue weighted by Gasteiger charge is 2.29. The Balaban J connectivity index is 2.97. The second-order valence-electron chi connectivity index (χ2n) is 2.76. The first kappa shape index (κ1) is 12.7. The van der Waals surface area contributed by atoms with Gasteiger partial charge >= 0.3 is 6.18 Å². The maximum atomic E-state index is 11.8. The lowest BCUT2D eigenvalue weighted by Gasteiger charge is -2.10. The number of hydrogen-bond donors (Lipinski definition) is 1. The number of nitrogens with zero attached hydrogens (tertiary/aromatic N) is 1. The lowest BCUT2D eigenvalue weighted by molar-refractivity contribution is -0.153. The van der Waals surface area contributed by atoms with Crippen molar-refractivity contribution in [2.45, 2.75) is 11.2 Å². The normalized spacial score (nSPS) is 12.5. The van der Waals surface area contributed by atoms with E-state index in [4.69, 9.17) is 5.14 Å². The number of nitrogens with two attached hydrogens (primary N) is 1. The minimum atomic E-state index is -4.56. The first-order chi connectivity index (χ1) is 7.20. The SMILES string of the molecule is NS(=O)(=O)c1ncccc1OCC(F)(F)F. The molecule has 0 unspecified atom stereocenters. The molecule has 1 aromatic heterocycles. The van der Waals surface area contributed by atoms with Crippen molar-refractivity contribution in [3.05, 3.63) is 18.3 Å². The van der Waals surface area contributed by atoms with Gasteiger partial charge in [-0.25, -0.2) is 18.5 Å². The van der Waals surface area contributed by atoms with Gasteiger partial charge in [-0.3, -0.25) is 0 Å². The molecule has 0 aliphatic rings. The second kappa shape index (κ2) is 4.26. The van der Waals surface area contributed by atoms with Gasteiger partial charge in [0.15, 0.2) is 12.4 Å². The van der Waals surface area contributed by atoms with Crippen LogP contribution in [0.25, 0.3) is 0 Å². The molecule has 1 rings (SSSR count). The van der Waals surface area contributed by atoms with Gasteiger partial charge in [-0.05, 0) is 12.1 Å². The summed E-state index contributed by atoms with van der Waals surface area (Å²) in [6.45, 7) is -1.61. The van der Waals surface area contributed by atoms with Crippen molar-refractivity contribution in [2.24, 2.45) is 5.14 Å². The minimum absolute atomic E-state index is 0.526. The predicted octanol–water partition coefficient (Wildman–Crippen LogP) is 0.670. The molecular formula is C7H7F3N2O3S. The van der Waals surface area contributed by atoms with Crippen LogP contribution in [-0.4, -0.2) is 26.2 Å². The van der Waals surface area contributed by atoms with E-state index in [1.807, 2.05) is 0 Å². The van der Waals surface area contributed by atoms with Crippen LogP contribution in [0, 0.1) is 0 Å². The summed E-state index contributed by atoms with van der Waals surface area (Å²) >= 11 is 0. The summed E-state index contributed by atoms with van der Waals surface area (Å²) in [7, 11) is -4.20. The molecule has 0 aliphatic carbocycles. The largest absolute Gasteiger partial charge is 0.481 e. The third kappa shape index (κ3) is 3.66. The third-order valence-electron chi connectivity index (χ3n) is 1.40. The molecule has 0 saturated heterocycles. The van der Waals surface area contributed by atoms with Crippen molar-refractivity contribution in [3.63, 3.8) is 0 Å². The fourth-order valence-electron chi connectivity index (χ4n) is 0.859. The molecule has 1 heterocycles. The average molecular weight is 256 g/mol. The van der Waals surface area contributed by atoms with E-state index in [0.717, 1.165) is 12.3 Å². The number of hydrogen-bond acceptors (Lipinski definition) is 4. The summed E-state index contributed by atoms with van der Waals surface area (Å²) < 4.78 is 61.7. The maximum absolute atomic E-state index is 11.8. The fourth-order valence-corrected chi connectivity index (χ4v) is 1.47. The van der Waals surface area contributed by atoms with E-state index in [2.05, 4.69) is 9.72 Å². The van der Waals surface area contributed by atoms with Crippen LogP contribution in [0.15, 0.2) is 23.4 Å². The van der Waals surface area contributed by atoms with Crippen LogP contribution in [0.5, 0.6) is 5.75 Å². The summed E-state index contributed by atoms with van der Waals surface area (Å²) in [5, 5.41) is 4.02. The zero-order valence-corrected chi connectivity index (χ0v) is 8.55. The number of pyridine rings is 1. The van der Waals surface area contributed by atoms with Crippen LogP contribution in [0.2, 0.25) is 0 Å². The Bertz CT molecular complexity index is 472. The van der Waals surface area contributed by atoms with Crippen LogP contribution >= 0.6 is 0 Å². The highest BCUT2D eigenvalue weighted by molar-refractivity contribution is 7.89. The van der Waals surface area contributed by atoms with Gasteiger partial charge in [0.2, 0.25) is 5.03 Å². The molecule has 9 heteroatoms. The lowest BCUT2D eigenvalue weighted by Crippen LogP contribution is -2.21. The van der Waals surface area contributed by atoms with E-state index in [1.54, 1.807) is 0 Å². The quantitative estimate of drug-likeness (QED) is 0.861. The molecule has 0 bridgehead atoms. The Kier molecular flexibility index (Phi) is 3.38. The minimum Gasteiger partial charge on any atom is -0.481 e. The van der Waals surface area contributed by atoms with Gasteiger partial charge in [0, 0.05) is 6.20 Å². The molecule has 90 valence electrons. The smallest absolute Gasteiger partial charge is 0.422 e. The number of halogens is 3. The van der Waals surface area contributed by atoms with Crippen molar-refractivity contribution < 1.29 is 26.3 Å². The van der Waals surface area contributed by atoms with Crippen molar-refractivity contribution in [1.82, 2.24) is 4.98 Å². The standard InChI is InChI=1S/C7H7F3N2O3S/c8-7(9,10)4-15-5-2-1-3-12-6(5)16(11,13)14/h1-3H,4H2,(H2,11,13,14). The molecular weight excluding hydrogens is 249 g/mol. The zero-order valence-electron chi connectivity index (χ0n) is 7.73. The number of rotatable bonds is 3. The first-order valence-corrected chi connectivity index (χ1v) is 5.42. The van der Waals surface area contributed by atoms with Gasteiger partial charge < -0.3 is 4.74 Å². The Morgan fingerprint density at radius 1 is 1.44 bits per heavy atom. The van der Waals surface area contributed by atoms with Crippen molar-refractivity contribution in [1.29, 1.82) is 0 Å². The first-order valence-electron chi connectivity index (χ1n) is 3.87. The van der Waals surface area contributed by atoms with Gasteiger partial charge in [0.25, 0.3) is 10.0 Å². The zero-order chi connectivity index (χ0) is 12.4. The van der Waals surface area contributed by atoms with Crippen molar-refractivity contribution in [2.75, 3.05) is 6.61 Å². The van der Waals surface area contributed by atoms with E-state index in [9.17, 15) is 21.6 Å². The van der Waals surface area contributed by atoms with Gasteiger partial charge in [0.05, 0.1) is 0 Å². The van der Waals surface area contributed by atoms with Crippen LogP contribution in [0.1, 0.15) is 0 Å². The molecule has 5 nitrogen and oxygen atoms in total. The predicted molar refractivity (Wildman–Crippen MR) is 47.2 cm³/mol. The number of alkyl halides is 3. The molecule has 2 N–H and O–H groups in total. The summed E-state index contributed by atoms with van der Waals surface area (Å²) in [4.78, 5) is 3.35. The van der Waals surface area contributed by atoms with E-state index < -0.39 is 33.6 Å². The molecule has 1 aromatic rings. The summed E-state index contributed by atoms with van der Waals surface area (Å²) in [5.74, 6) is -0.526. The molecule has 0 spiro atoms. The molecule has 0 saturated carbocycles. The number of aromatic nitrogens is 1. The molecule has 0 atom stereocenters. The van der Waals surface area contributed by atoms with Crippen molar-refractivity contribution in [3.8, 4) is 5.75 Å². The Hall–Kier alpha value is -1.35. The van der Waals surface area contributed by atoms with Crippen LogP contribution < -0.4 is 9.88 Å². The van der Waals surface area contributed by atoms with E-state index in [-0.39, 0.29) is 0 Å². The highest BCUT2D eigenvalue weighted by atomic mass is 32.2. The van der Waals surface area contributed by atoms with Gasteiger partial charge in [-0.2, -0.15) is 13.2 Å². The summed E-state index contributed by atoms with van der Waals surface area (Å²) in [6.07, 6.45) is -3.48. The fraction of sp³-hybridized carbons (Fsp3) is 0.286. The van der Waals surface area contributed by atoms with Crippen molar-refractivity contribution >= 4 is 10.0 Å². The number of ether oxygens (including phenoxy) is 1. The van der Waals surface area contributed by atoms with Crippen LogP contribution in [0.4, 0.5) is 13.2 Å². The van der Waals surface area contributed by atoms with Gasteiger partial charge in [-0.1, -0.05) is 0 Å². The monoisotopic (exact) mass is 256 g/mol. The second-order valence-corrected chi connectivity index (χ2v) is 4.23. The van der Waals surface area contributed by atoms with Gasteiger partial charge in [0.1, 0.15) is 0 Å². The molecule has 0 radical (unpaired) electrons. The number of sulfonamides is 1. The van der Waals surface area contributed by atoms with Crippen LogP contribution in [-0.2, 0) is 10.0 Å². The number of primary sulfonamides is 1. The Labute approximate surface area is 89.1 Å². The Morgan fingerprint density at radius 3 is 2.56 bits per heavy atom. The average Bonchev–Trinajstić information content (AvgIpc) is 2.12. The summed E-state index contributed by atoms with van der Waals surface area (Å²) in [5.41, 5.74) is 0. The molecule has 16 heavy (non-hydrogen) atoms. The third-order valence-corrected chi connectivity index (χ3v) is 2.24.